The van der Waals surface area contributed by atoms with Crippen molar-refractivity contribution in [3.63, 3.8) is 0 Å². The second-order valence-corrected chi connectivity index (χ2v) is 10.9. The standard InChI is InChI=1S/C26H31N3O6S/c1-3-22(25(31)27-19-8-4-5-9-19)28(16-18-12-14-20(35-2)15-13-18)24(30)17-29-26(32)21-10-6-7-11-23(21)36(29,33)34/h6-7,10-15,19,22H,3-5,8-9,16-17H2,1-2H3,(H,27,31). The van der Waals surface area contributed by atoms with Crippen LogP contribution in [0.25, 0.3) is 0 Å². The molecule has 1 unspecified atom stereocenters. The summed E-state index contributed by atoms with van der Waals surface area (Å²) in [5.41, 5.74) is 0.785. The van der Waals surface area contributed by atoms with Gasteiger partial charge < -0.3 is 15.0 Å². The number of benzene rings is 2. The Balaban J connectivity index is 1.60. The molecule has 2 aromatic rings. The summed E-state index contributed by atoms with van der Waals surface area (Å²) in [5, 5.41) is 3.05. The van der Waals surface area contributed by atoms with Crippen molar-refractivity contribution in [3.05, 3.63) is 59.7 Å². The van der Waals surface area contributed by atoms with Gasteiger partial charge in [-0.15, -0.1) is 0 Å². The fraction of sp³-hybridized carbons (Fsp3) is 0.423. The van der Waals surface area contributed by atoms with Gasteiger partial charge in [-0.3, -0.25) is 14.4 Å². The molecule has 0 aromatic heterocycles. The van der Waals surface area contributed by atoms with Crippen LogP contribution in [0, 0.1) is 0 Å². The number of rotatable bonds is 9. The predicted octanol–water partition coefficient (Wildman–Crippen LogP) is 2.71. The lowest BCUT2D eigenvalue weighted by atomic mass is 10.1. The van der Waals surface area contributed by atoms with Crippen molar-refractivity contribution < 1.29 is 27.5 Å². The molecule has 2 aliphatic rings. The third-order valence-electron chi connectivity index (χ3n) is 6.79. The first-order valence-corrected chi connectivity index (χ1v) is 13.6. The van der Waals surface area contributed by atoms with Crippen molar-refractivity contribution in [2.75, 3.05) is 13.7 Å². The summed E-state index contributed by atoms with van der Waals surface area (Å²) in [6, 6.07) is 12.2. The number of nitrogens with zero attached hydrogens (tertiary/aromatic N) is 2. The molecule has 0 radical (unpaired) electrons. The number of amides is 3. The van der Waals surface area contributed by atoms with E-state index < -0.39 is 34.4 Å². The molecule has 4 rings (SSSR count). The normalized spacial score (nSPS) is 17.5. The van der Waals surface area contributed by atoms with Crippen LogP contribution in [0.2, 0.25) is 0 Å². The van der Waals surface area contributed by atoms with E-state index in [1.807, 2.05) is 0 Å². The van der Waals surface area contributed by atoms with Gasteiger partial charge in [0.05, 0.1) is 12.7 Å². The molecule has 1 aliphatic carbocycles. The molecule has 1 aliphatic heterocycles. The van der Waals surface area contributed by atoms with Crippen molar-refractivity contribution >= 4 is 27.7 Å². The van der Waals surface area contributed by atoms with E-state index in [0.29, 0.717) is 16.5 Å². The Kier molecular flexibility index (Phi) is 7.63. The van der Waals surface area contributed by atoms with Crippen LogP contribution in [0.4, 0.5) is 0 Å². The van der Waals surface area contributed by atoms with Crippen molar-refractivity contribution in [1.29, 1.82) is 0 Å². The van der Waals surface area contributed by atoms with Gasteiger partial charge in [0.25, 0.3) is 15.9 Å². The van der Waals surface area contributed by atoms with Gasteiger partial charge in [0, 0.05) is 12.6 Å². The second kappa shape index (κ2) is 10.7. The van der Waals surface area contributed by atoms with E-state index in [0.717, 1.165) is 31.2 Å². The molecular weight excluding hydrogens is 482 g/mol. The molecule has 9 nitrogen and oxygen atoms in total. The van der Waals surface area contributed by atoms with Crippen LogP contribution in [-0.2, 0) is 26.2 Å². The minimum Gasteiger partial charge on any atom is -0.497 e. The molecule has 10 heteroatoms. The maximum Gasteiger partial charge on any atom is 0.269 e. The molecule has 192 valence electrons. The highest BCUT2D eigenvalue weighted by atomic mass is 32.2. The van der Waals surface area contributed by atoms with Gasteiger partial charge in [-0.25, -0.2) is 12.7 Å². The maximum absolute atomic E-state index is 13.6. The Morgan fingerprint density at radius 2 is 1.78 bits per heavy atom. The van der Waals surface area contributed by atoms with E-state index in [2.05, 4.69) is 5.32 Å². The van der Waals surface area contributed by atoms with Crippen molar-refractivity contribution in [1.82, 2.24) is 14.5 Å². The van der Waals surface area contributed by atoms with E-state index in [4.69, 9.17) is 4.74 Å². The van der Waals surface area contributed by atoms with E-state index in [1.54, 1.807) is 44.4 Å². The number of fused-ring (bicyclic) bond motifs is 1. The highest BCUT2D eigenvalue weighted by Crippen LogP contribution is 2.30. The number of ether oxygens (including phenoxy) is 1. The molecule has 1 fully saturated rings. The van der Waals surface area contributed by atoms with E-state index in [-0.39, 0.29) is 29.0 Å². The number of nitrogens with one attached hydrogen (secondary N) is 1. The van der Waals surface area contributed by atoms with Gasteiger partial charge in [-0.05, 0) is 49.1 Å². The first-order chi connectivity index (χ1) is 17.3. The van der Waals surface area contributed by atoms with Gasteiger partial charge in [-0.2, -0.15) is 0 Å². The fourth-order valence-corrected chi connectivity index (χ4v) is 6.33. The Morgan fingerprint density at radius 1 is 1.11 bits per heavy atom. The topological polar surface area (TPSA) is 113 Å². The zero-order valence-corrected chi connectivity index (χ0v) is 21.3. The average molecular weight is 514 g/mol. The van der Waals surface area contributed by atoms with Gasteiger partial charge in [0.2, 0.25) is 11.8 Å². The lowest BCUT2D eigenvalue weighted by Crippen LogP contribution is -2.53. The Bertz CT molecular complexity index is 1240. The molecule has 2 aromatic carbocycles. The summed E-state index contributed by atoms with van der Waals surface area (Å²) in [6.07, 6.45) is 4.22. The monoisotopic (exact) mass is 513 g/mol. The molecule has 36 heavy (non-hydrogen) atoms. The molecule has 0 spiro atoms. The van der Waals surface area contributed by atoms with E-state index >= 15 is 0 Å². The molecule has 1 N–H and O–H groups in total. The second-order valence-electron chi connectivity index (χ2n) is 9.10. The van der Waals surface area contributed by atoms with Crippen molar-refractivity contribution in [3.8, 4) is 5.75 Å². The number of methoxy groups -OCH3 is 1. The lowest BCUT2D eigenvalue weighted by Gasteiger charge is -2.32. The molecule has 1 saturated carbocycles. The average Bonchev–Trinajstić information content (AvgIpc) is 3.45. The van der Waals surface area contributed by atoms with Crippen LogP contribution in [0.15, 0.2) is 53.4 Å². The largest absolute Gasteiger partial charge is 0.497 e. The summed E-state index contributed by atoms with van der Waals surface area (Å²) in [4.78, 5) is 41.0. The summed E-state index contributed by atoms with van der Waals surface area (Å²) in [6.45, 7) is 1.20. The first kappa shape index (κ1) is 25.7. The minimum absolute atomic E-state index is 0.0398. The van der Waals surface area contributed by atoms with Gasteiger partial charge >= 0.3 is 0 Å². The smallest absolute Gasteiger partial charge is 0.269 e. The van der Waals surface area contributed by atoms with Gasteiger partial charge in [-0.1, -0.05) is 44.0 Å². The van der Waals surface area contributed by atoms with Crippen LogP contribution in [0.1, 0.15) is 54.9 Å². The zero-order valence-electron chi connectivity index (χ0n) is 20.5. The Morgan fingerprint density at radius 3 is 2.39 bits per heavy atom. The predicted molar refractivity (Wildman–Crippen MR) is 133 cm³/mol. The highest BCUT2D eigenvalue weighted by molar-refractivity contribution is 7.90. The summed E-state index contributed by atoms with van der Waals surface area (Å²) in [5.74, 6) is -0.991. The molecule has 0 saturated heterocycles. The summed E-state index contributed by atoms with van der Waals surface area (Å²) in [7, 11) is -2.61. The number of sulfonamides is 1. The molecule has 1 atom stereocenters. The minimum atomic E-state index is -4.16. The third-order valence-corrected chi connectivity index (χ3v) is 8.58. The van der Waals surface area contributed by atoms with Gasteiger partial charge in [0.15, 0.2) is 0 Å². The number of hydrogen-bond acceptors (Lipinski definition) is 6. The number of carbonyl (C=O) groups is 3. The maximum atomic E-state index is 13.6. The number of carbonyl (C=O) groups excluding carboxylic acids is 3. The number of hydrogen-bond donors (Lipinski definition) is 1. The molecule has 3 amide bonds. The SMILES string of the molecule is CCC(C(=O)NC1CCCC1)N(Cc1ccc(OC)cc1)C(=O)CN1C(=O)c2ccccc2S1(=O)=O. The summed E-state index contributed by atoms with van der Waals surface area (Å²) < 4.78 is 31.9. The lowest BCUT2D eigenvalue weighted by molar-refractivity contribution is -0.141. The molecule has 0 bridgehead atoms. The Labute approximate surface area is 211 Å². The fourth-order valence-electron chi connectivity index (χ4n) is 4.82. The molecular formula is C26H31N3O6S. The van der Waals surface area contributed by atoms with Crippen LogP contribution in [0.3, 0.4) is 0 Å². The van der Waals surface area contributed by atoms with Crippen molar-refractivity contribution in [2.24, 2.45) is 0 Å². The third kappa shape index (κ3) is 5.09. The van der Waals surface area contributed by atoms with Crippen LogP contribution in [0.5, 0.6) is 5.75 Å². The van der Waals surface area contributed by atoms with E-state index in [1.165, 1.54) is 23.1 Å². The zero-order chi connectivity index (χ0) is 25.9. The quantitative estimate of drug-likeness (QED) is 0.552. The van der Waals surface area contributed by atoms with Crippen LogP contribution >= 0.6 is 0 Å². The summed E-state index contributed by atoms with van der Waals surface area (Å²) >= 11 is 0. The first-order valence-electron chi connectivity index (χ1n) is 12.1. The molecule has 1 heterocycles. The van der Waals surface area contributed by atoms with Crippen molar-refractivity contribution in [2.45, 2.75) is 62.6 Å². The van der Waals surface area contributed by atoms with Crippen LogP contribution < -0.4 is 10.1 Å². The van der Waals surface area contributed by atoms with Gasteiger partial charge in [0.1, 0.15) is 23.2 Å². The van der Waals surface area contributed by atoms with Crippen LogP contribution in [-0.4, -0.2) is 61.1 Å². The Hall–Kier alpha value is -3.40. The highest BCUT2D eigenvalue weighted by Gasteiger charge is 2.43. The van der Waals surface area contributed by atoms with E-state index in [9.17, 15) is 22.8 Å².